The smallest absolute Gasteiger partial charge is 0.271 e. The standard InChI is InChI=1S/C21H21N3O3/c1-13-7-8-15(11-14(13)2)19(25)9-10-20(26)23-24-21(27)17-12-22-18-6-4-3-5-16(17)18/h3-8,11-12,22H,9-10H2,1-2H3,(H,23,26)(H,24,27). The molecule has 0 fully saturated rings. The number of hydrogen-bond donors (Lipinski definition) is 3. The van der Waals surface area contributed by atoms with Gasteiger partial charge in [0, 0.05) is 35.5 Å². The first-order valence-electron chi connectivity index (χ1n) is 8.71. The molecular weight excluding hydrogens is 342 g/mol. The average molecular weight is 363 g/mol. The van der Waals surface area contributed by atoms with E-state index in [2.05, 4.69) is 15.8 Å². The van der Waals surface area contributed by atoms with Crippen molar-refractivity contribution in [2.75, 3.05) is 0 Å². The lowest BCUT2D eigenvalue weighted by Crippen LogP contribution is -2.41. The van der Waals surface area contributed by atoms with E-state index in [1.165, 1.54) is 0 Å². The van der Waals surface area contributed by atoms with Gasteiger partial charge >= 0.3 is 0 Å². The van der Waals surface area contributed by atoms with E-state index in [1.807, 2.05) is 50.2 Å². The van der Waals surface area contributed by atoms with Gasteiger partial charge in [-0.05, 0) is 37.1 Å². The molecule has 2 aromatic carbocycles. The van der Waals surface area contributed by atoms with Crippen molar-refractivity contribution in [1.29, 1.82) is 0 Å². The number of aromatic amines is 1. The van der Waals surface area contributed by atoms with Gasteiger partial charge in [0.1, 0.15) is 0 Å². The first kappa shape index (κ1) is 18.4. The Labute approximate surface area is 156 Å². The first-order valence-corrected chi connectivity index (χ1v) is 8.71. The number of rotatable bonds is 5. The fourth-order valence-electron chi connectivity index (χ4n) is 2.80. The van der Waals surface area contributed by atoms with E-state index in [-0.39, 0.29) is 18.6 Å². The van der Waals surface area contributed by atoms with Crippen molar-refractivity contribution in [2.24, 2.45) is 0 Å². The van der Waals surface area contributed by atoms with Crippen molar-refractivity contribution in [3.8, 4) is 0 Å². The highest BCUT2D eigenvalue weighted by molar-refractivity contribution is 6.07. The van der Waals surface area contributed by atoms with Crippen molar-refractivity contribution in [3.63, 3.8) is 0 Å². The van der Waals surface area contributed by atoms with Crippen molar-refractivity contribution in [1.82, 2.24) is 15.8 Å². The maximum Gasteiger partial charge on any atom is 0.271 e. The molecule has 3 aromatic rings. The minimum absolute atomic E-state index is 0.0000774. The van der Waals surface area contributed by atoms with Crippen LogP contribution in [-0.4, -0.2) is 22.6 Å². The Kier molecular flexibility index (Phi) is 5.35. The van der Waals surface area contributed by atoms with Gasteiger partial charge in [-0.25, -0.2) is 0 Å². The van der Waals surface area contributed by atoms with Crippen LogP contribution >= 0.6 is 0 Å². The molecule has 3 N–H and O–H groups in total. The van der Waals surface area contributed by atoms with Crippen LogP contribution in [0, 0.1) is 13.8 Å². The van der Waals surface area contributed by atoms with Gasteiger partial charge in [-0.1, -0.05) is 30.3 Å². The Hall–Kier alpha value is -3.41. The largest absolute Gasteiger partial charge is 0.360 e. The summed E-state index contributed by atoms with van der Waals surface area (Å²) in [5, 5.41) is 0.772. The molecule has 138 valence electrons. The molecular formula is C21H21N3O3. The van der Waals surface area contributed by atoms with Crippen LogP contribution < -0.4 is 10.9 Å². The number of para-hydroxylation sites is 1. The number of Topliss-reactive ketones (excluding diaryl/α,β-unsaturated/α-hetero) is 1. The molecule has 3 rings (SSSR count). The lowest BCUT2D eigenvalue weighted by molar-refractivity contribution is -0.121. The lowest BCUT2D eigenvalue weighted by Gasteiger charge is -2.07. The summed E-state index contributed by atoms with van der Waals surface area (Å²) in [6.45, 7) is 3.92. The minimum Gasteiger partial charge on any atom is -0.360 e. The van der Waals surface area contributed by atoms with Crippen LogP contribution in [0.4, 0.5) is 0 Å². The van der Waals surface area contributed by atoms with E-state index in [4.69, 9.17) is 0 Å². The van der Waals surface area contributed by atoms with Crippen LogP contribution in [-0.2, 0) is 4.79 Å². The molecule has 0 aliphatic carbocycles. The monoisotopic (exact) mass is 363 g/mol. The van der Waals surface area contributed by atoms with E-state index in [0.29, 0.717) is 11.1 Å². The van der Waals surface area contributed by atoms with Crippen LogP contribution in [0.2, 0.25) is 0 Å². The molecule has 0 unspecified atom stereocenters. The molecule has 0 atom stereocenters. The van der Waals surface area contributed by atoms with Crippen LogP contribution in [0.1, 0.15) is 44.7 Å². The molecule has 27 heavy (non-hydrogen) atoms. The summed E-state index contributed by atoms with van der Waals surface area (Å²) in [5.41, 5.74) is 8.77. The second-order valence-corrected chi connectivity index (χ2v) is 6.47. The molecule has 6 nitrogen and oxygen atoms in total. The molecule has 0 saturated carbocycles. The topological polar surface area (TPSA) is 91.1 Å². The van der Waals surface area contributed by atoms with E-state index in [0.717, 1.165) is 22.0 Å². The predicted molar refractivity (Wildman–Crippen MR) is 103 cm³/mol. The Balaban J connectivity index is 1.51. The second-order valence-electron chi connectivity index (χ2n) is 6.47. The summed E-state index contributed by atoms with van der Waals surface area (Å²) in [5.74, 6) is -0.933. The van der Waals surface area contributed by atoms with Gasteiger partial charge in [-0.3, -0.25) is 25.2 Å². The van der Waals surface area contributed by atoms with E-state index >= 15 is 0 Å². The highest BCUT2D eigenvalue weighted by Crippen LogP contribution is 2.17. The number of hydrogen-bond acceptors (Lipinski definition) is 3. The summed E-state index contributed by atoms with van der Waals surface area (Å²) in [6, 6.07) is 12.9. The second kappa shape index (κ2) is 7.86. The number of benzene rings is 2. The van der Waals surface area contributed by atoms with Crippen LogP contribution in [0.3, 0.4) is 0 Å². The van der Waals surface area contributed by atoms with Crippen LogP contribution in [0.5, 0.6) is 0 Å². The zero-order chi connectivity index (χ0) is 19.4. The molecule has 0 aliphatic rings. The number of ketones is 1. The number of H-pyrrole nitrogens is 1. The first-order chi connectivity index (χ1) is 13.0. The van der Waals surface area contributed by atoms with E-state index < -0.39 is 11.8 Å². The SMILES string of the molecule is Cc1ccc(C(=O)CCC(=O)NNC(=O)c2c[nH]c3ccccc23)cc1C. The van der Waals surface area contributed by atoms with Gasteiger partial charge in [0.05, 0.1) is 5.56 Å². The number of carbonyl (C=O) groups is 3. The normalized spacial score (nSPS) is 10.6. The van der Waals surface area contributed by atoms with Crippen LogP contribution in [0.25, 0.3) is 10.9 Å². The lowest BCUT2D eigenvalue weighted by atomic mass is 10.0. The van der Waals surface area contributed by atoms with Crippen molar-refractivity contribution in [2.45, 2.75) is 26.7 Å². The van der Waals surface area contributed by atoms with Gasteiger partial charge in [-0.15, -0.1) is 0 Å². The Morgan fingerprint density at radius 3 is 2.48 bits per heavy atom. The van der Waals surface area contributed by atoms with E-state index in [9.17, 15) is 14.4 Å². The Morgan fingerprint density at radius 2 is 1.70 bits per heavy atom. The van der Waals surface area contributed by atoms with Gasteiger partial charge in [0.15, 0.2) is 5.78 Å². The Bertz CT molecular complexity index is 1020. The molecule has 1 aromatic heterocycles. The van der Waals surface area contributed by atoms with Gasteiger partial charge in [0.2, 0.25) is 5.91 Å². The molecule has 2 amide bonds. The number of nitrogens with one attached hydrogen (secondary N) is 3. The zero-order valence-corrected chi connectivity index (χ0v) is 15.3. The number of aryl methyl sites for hydroxylation is 2. The number of aromatic nitrogens is 1. The fourth-order valence-corrected chi connectivity index (χ4v) is 2.80. The van der Waals surface area contributed by atoms with Crippen molar-refractivity contribution >= 4 is 28.5 Å². The molecule has 0 aliphatic heterocycles. The van der Waals surface area contributed by atoms with Crippen molar-refractivity contribution in [3.05, 3.63) is 70.9 Å². The minimum atomic E-state index is -0.416. The average Bonchev–Trinajstić information content (AvgIpc) is 3.10. The maximum atomic E-state index is 12.2. The zero-order valence-electron chi connectivity index (χ0n) is 15.3. The summed E-state index contributed by atoms with van der Waals surface area (Å²) in [4.78, 5) is 39.4. The molecule has 0 radical (unpaired) electrons. The molecule has 6 heteroatoms. The van der Waals surface area contributed by atoms with Crippen LogP contribution in [0.15, 0.2) is 48.7 Å². The predicted octanol–water partition coefficient (Wildman–Crippen LogP) is 3.21. The third-order valence-electron chi connectivity index (χ3n) is 4.56. The fraction of sp³-hybridized carbons (Fsp3) is 0.190. The quantitative estimate of drug-likeness (QED) is 0.480. The molecule has 0 bridgehead atoms. The highest BCUT2D eigenvalue weighted by Gasteiger charge is 2.14. The number of carbonyl (C=O) groups excluding carboxylic acids is 3. The van der Waals surface area contributed by atoms with Gasteiger partial charge in [0.25, 0.3) is 5.91 Å². The summed E-state index contributed by atoms with van der Waals surface area (Å²) < 4.78 is 0. The highest BCUT2D eigenvalue weighted by atomic mass is 16.2. The molecule has 0 saturated heterocycles. The number of amides is 2. The third kappa shape index (κ3) is 4.23. The number of hydrazine groups is 1. The third-order valence-corrected chi connectivity index (χ3v) is 4.56. The van der Waals surface area contributed by atoms with E-state index in [1.54, 1.807) is 12.3 Å². The Morgan fingerprint density at radius 1 is 0.926 bits per heavy atom. The number of fused-ring (bicyclic) bond motifs is 1. The maximum absolute atomic E-state index is 12.2. The molecule has 0 spiro atoms. The summed E-state index contributed by atoms with van der Waals surface area (Å²) in [6.07, 6.45) is 1.67. The van der Waals surface area contributed by atoms with Gasteiger partial charge < -0.3 is 4.98 Å². The van der Waals surface area contributed by atoms with Crippen molar-refractivity contribution < 1.29 is 14.4 Å². The summed E-state index contributed by atoms with van der Waals surface area (Å²) >= 11 is 0. The molecule has 1 heterocycles. The van der Waals surface area contributed by atoms with Gasteiger partial charge in [-0.2, -0.15) is 0 Å². The summed E-state index contributed by atoms with van der Waals surface area (Å²) in [7, 11) is 0.